The van der Waals surface area contributed by atoms with Gasteiger partial charge < -0.3 is 19.7 Å². The van der Waals surface area contributed by atoms with Crippen LogP contribution in [0, 0.1) is 11.3 Å². The summed E-state index contributed by atoms with van der Waals surface area (Å²) < 4.78 is 11.0. The fourth-order valence-corrected chi connectivity index (χ4v) is 4.49. The van der Waals surface area contributed by atoms with Crippen LogP contribution in [0.4, 0.5) is 0 Å². The minimum atomic E-state index is -1.31. The second kappa shape index (κ2) is 4.31. The molecular weight excluding hydrogens is 272 g/mol. The summed E-state index contributed by atoms with van der Waals surface area (Å²) in [5.74, 6) is -1.36. The highest BCUT2D eigenvalue weighted by atomic mass is 16.7. The average Bonchev–Trinajstić information content (AvgIpc) is 2.67. The summed E-state index contributed by atoms with van der Waals surface area (Å²) in [6.07, 6.45) is 1.19. The molecule has 2 fully saturated rings. The lowest BCUT2D eigenvalue weighted by Crippen LogP contribution is -2.67. The number of rotatable bonds is 1. The van der Waals surface area contributed by atoms with Gasteiger partial charge in [-0.05, 0) is 32.1 Å². The molecule has 2 aliphatic carbocycles. The van der Waals surface area contributed by atoms with E-state index < -0.39 is 22.9 Å². The minimum Gasteiger partial charge on any atom is -0.425 e. The van der Waals surface area contributed by atoms with Crippen molar-refractivity contribution in [3.63, 3.8) is 0 Å². The van der Waals surface area contributed by atoms with E-state index in [1.54, 1.807) is 6.92 Å². The quantitative estimate of drug-likeness (QED) is 0.718. The highest BCUT2D eigenvalue weighted by Crippen LogP contribution is 2.62. The molecule has 0 radical (unpaired) electrons. The molecule has 0 amide bonds. The molecule has 1 heterocycles. The number of hydrogen-bond acceptors (Lipinski definition) is 5. The zero-order valence-corrected chi connectivity index (χ0v) is 13.1. The Morgan fingerprint density at radius 3 is 2.67 bits per heavy atom. The molecule has 3 aliphatic rings. The third kappa shape index (κ3) is 1.65. The molecule has 0 aromatic heterocycles. The molecule has 0 bridgehead atoms. The Labute approximate surface area is 124 Å². The van der Waals surface area contributed by atoms with Gasteiger partial charge in [-0.25, -0.2) is 4.79 Å². The van der Waals surface area contributed by atoms with Crippen LogP contribution in [0.15, 0.2) is 11.1 Å². The smallest absolute Gasteiger partial charge is 0.336 e. The molecule has 0 spiro atoms. The van der Waals surface area contributed by atoms with E-state index in [1.165, 1.54) is 7.11 Å². The van der Waals surface area contributed by atoms with Crippen LogP contribution in [0.2, 0.25) is 0 Å². The second-order valence-corrected chi connectivity index (χ2v) is 7.14. The van der Waals surface area contributed by atoms with Gasteiger partial charge in [-0.2, -0.15) is 0 Å². The zero-order valence-electron chi connectivity index (χ0n) is 13.1. The molecule has 0 aromatic carbocycles. The molecular formula is C16H24O5. The summed E-state index contributed by atoms with van der Waals surface area (Å²) in [7, 11) is 1.48. The van der Waals surface area contributed by atoms with Gasteiger partial charge in [0.2, 0.25) is 5.79 Å². The average molecular weight is 296 g/mol. The number of carbonyl (C=O) groups excluding carboxylic acids is 1. The molecule has 3 rings (SSSR count). The third-order valence-electron chi connectivity index (χ3n) is 6.35. The van der Waals surface area contributed by atoms with Gasteiger partial charge in [0.1, 0.15) is 5.60 Å². The topological polar surface area (TPSA) is 76.0 Å². The molecule has 0 unspecified atom stereocenters. The first-order valence-electron chi connectivity index (χ1n) is 7.59. The maximum absolute atomic E-state index is 12.0. The van der Waals surface area contributed by atoms with Crippen molar-refractivity contribution in [3.8, 4) is 0 Å². The van der Waals surface area contributed by atoms with Crippen molar-refractivity contribution in [2.45, 2.75) is 63.9 Å². The molecule has 0 saturated heterocycles. The van der Waals surface area contributed by atoms with Crippen LogP contribution in [-0.2, 0) is 14.3 Å². The molecule has 2 saturated carbocycles. The number of fused-ring (bicyclic) bond motifs is 2. The van der Waals surface area contributed by atoms with Crippen LogP contribution in [0.1, 0.15) is 46.5 Å². The van der Waals surface area contributed by atoms with E-state index in [1.807, 2.05) is 6.92 Å². The lowest BCUT2D eigenvalue weighted by molar-refractivity contribution is -0.281. The molecule has 2 N–H and O–H groups in total. The van der Waals surface area contributed by atoms with Gasteiger partial charge in [-0.3, -0.25) is 0 Å². The summed E-state index contributed by atoms with van der Waals surface area (Å²) in [6.45, 7) is 5.85. The van der Waals surface area contributed by atoms with E-state index >= 15 is 0 Å². The Hall–Kier alpha value is -0.910. The maximum Gasteiger partial charge on any atom is 0.336 e. The van der Waals surface area contributed by atoms with Crippen molar-refractivity contribution in [3.05, 3.63) is 11.1 Å². The molecule has 118 valence electrons. The van der Waals surface area contributed by atoms with Crippen LogP contribution in [-0.4, -0.2) is 40.8 Å². The summed E-state index contributed by atoms with van der Waals surface area (Å²) in [5.41, 5.74) is -0.401. The van der Waals surface area contributed by atoms with E-state index in [2.05, 4.69) is 6.92 Å². The largest absolute Gasteiger partial charge is 0.425 e. The van der Waals surface area contributed by atoms with Crippen LogP contribution < -0.4 is 0 Å². The van der Waals surface area contributed by atoms with Gasteiger partial charge in [0.15, 0.2) is 0 Å². The first-order valence-corrected chi connectivity index (χ1v) is 7.59. The summed E-state index contributed by atoms with van der Waals surface area (Å²) in [5, 5.41) is 21.7. The lowest BCUT2D eigenvalue weighted by atomic mass is 9.50. The van der Waals surface area contributed by atoms with Gasteiger partial charge in [0.25, 0.3) is 0 Å². The number of aliphatic hydroxyl groups excluding tert-OH is 1. The molecule has 5 atom stereocenters. The van der Waals surface area contributed by atoms with Crippen molar-refractivity contribution in [1.29, 1.82) is 0 Å². The van der Waals surface area contributed by atoms with E-state index in [9.17, 15) is 15.0 Å². The van der Waals surface area contributed by atoms with Crippen LogP contribution >= 0.6 is 0 Å². The predicted molar refractivity (Wildman–Crippen MR) is 75.2 cm³/mol. The van der Waals surface area contributed by atoms with Gasteiger partial charge in [0, 0.05) is 30.1 Å². The predicted octanol–water partition coefficient (Wildman–Crippen LogP) is 1.52. The Kier molecular flexibility index (Phi) is 3.08. The maximum atomic E-state index is 12.0. The molecule has 0 aromatic rings. The fraction of sp³-hybridized carbons (Fsp3) is 0.812. The highest BCUT2D eigenvalue weighted by molar-refractivity contribution is 5.92. The van der Waals surface area contributed by atoms with Gasteiger partial charge >= 0.3 is 5.97 Å². The summed E-state index contributed by atoms with van der Waals surface area (Å²) >= 11 is 0. The molecule has 5 nitrogen and oxygen atoms in total. The third-order valence-corrected chi connectivity index (χ3v) is 6.35. The van der Waals surface area contributed by atoms with E-state index in [0.29, 0.717) is 18.4 Å². The van der Waals surface area contributed by atoms with Gasteiger partial charge in [0.05, 0.1) is 6.10 Å². The van der Waals surface area contributed by atoms with Gasteiger partial charge in [-0.15, -0.1) is 0 Å². The van der Waals surface area contributed by atoms with Crippen LogP contribution in [0.3, 0.4) is 0 Å². The SMILES string of the molecule is CO[C@]12C[C@@]3(O)[C@H](O)CC[C@H](C)[C@@]3(C)CC1=C(C)C(=O)O2. The molecule has 21 heavy (non-hydrogen) atoms. The van der Waals surface area contributed by atoms with Crippen molar-refractivity contribution >= 4 is 5.97 Å². The van der Waals surface area contributed by atoms with Crippen LogP contribution in [0.25, 0.3) is 0 Å². The Bertz CT molecular complexity index is 527. The van der Waals surface area contributed by atoms with Crippen molar-refractivity contribution in [1.82, 2.24) is 0 Å². The first kappa shape index (κ1) is 15.0. The van der Waals surface area contributed by atoms with E-state index in [0.717, 1.165) is 12.0 Å². The lowest BCUT2D eigenvalue weighted by Gasteiger charge is -2.60. The Balaban J connectivity index is 2.14. The zero-order chi connectivity index (χ0) is 15.6. The molecule has 1 aliphatic heterocycles. The van der Waals surface area contributed by atoms with E-state index in [4.69, 9.17) is 9.47 Å². The monoisotopic (exact) mass is 296 g/mol. The Morgan fingerprint density at radius 2 is 2.05 bits per heavy atom. The number of hydrogen-bond donors (Lipinski definition) is 2. The number of carbonyl (C=O) groups is 1. The van der Waals surface area contributed by atoms with Crippen molar-refractivity contribution in [2.75, 3.05) is 7.11 Å². The van der Waals surface area contributed by atoms with Crippen molar-refractivity contribution in [2.24, 2.45) is 11.3 Å². The van der Waals surface area contributed by atoms with Gasteiger partial charge in [-0.1, -0.05) is 13.8 Å². The van der Waals surface area contributed by atoms with Crippen LogP contribution in [0.5, 0.6) is 0 Å². The minimum absolute atomic E-state index is 0.0942. The Morgan fingerprint density at radius 1 is 1.38 bits per heavy atom. The summed E-state index contributed by atoms with van der Waals surface area (Å²) in [6, 6.07) is 0. The first-order chi connectivity index (χ1) is 9.70. The highest BCUT2D eigenvalue weighted by Gasteiger charge is 2.67. The number of ether oxygens (including phenoxy) is 2. The fourth-order valence-electron chi connectivity index (χ4n) is 4.49. The van der Waals surface area contributed by atoms with E-state index in [-0.39, 0.29) is 18.3 Å². The number of methoxy groups -OCH3 is 1. The normalized spacial score (nSPS) is 49.7. The summed E-state index contributed by atoms with van der Waals surface area (Å²) in [4.78, 5) is 12.0. The number of aliphatic hydroxyl groups is 2. The standard InChI is InChI=1S/C16H24O5/c1-9-5-6-12(17)15(19)8-16(20-4)11(7-14(9,15)3)10(2)13(18)21-16/h9,12,17,19H,5-8H2,1-4H3/t9-,12+,14+,15+,16-/m0/s1. The molecule has 5 heteroatoms. The second-order valence-electron chi connectivity index (χ2n) is 7.14. The number of esters is 1. The van der Waals surface area contributed by atoms with Crippen molar-refractivity contribution < 1.29 is 24.5 Å².